The normalized spacial score (nSPS) is 11.1. The molecular weight excluding hydrogens is 216 g/mol. The predicted octanol–water partition coefficient (Wildman–Crippen LogP) is 2.14. The number of nitrogens with one attached hydrogen (secondary N) is 2. The molecular formula is C13H20N2O2. The van der Waals surface area contributed by atoms with Crippen molar-refractivity contribution in [3.63, 3.8) is 0 Å². The highest BCUT2D eigenvalue weighted by molar-refractivity contribution is 5.89. The van der Waals surface area contributed by atoms with Crippen LogP contribution in [-0.2, 0) is 6.42 Å². The van der Waals surface area contributed by atoms with Gasteiger partial charge in [-0.1, -0.05) is 12.1 Å². The Morgan fingerprint density at radius 3 is 2.29 bits per heavy atom. The van der Waals surface area contributed by atoms with Crippen LogP contribution in [0.15, 0.2) is 24.3 Å². The largest absolute Gasteiger partial charge is 0.396 e. The first kappa shape index (κ1) is 13.5. The molecule has 0 aliphatic carbocycles. The number of anilines is 1. The van der Waals surface area contributed by atoms with Crippen molar-refractivity contribution >= 4 is 11.7 Å². The average molecular weight is 236 g/mol. The Morgan fingerprint density at radius 2 is 1.82 bits per heavy atom. The van der Waals surface area contributed by atoms with Crippen molar-refractivity contribution in [2.75, 3.05) is 11.9 Å². The highest BCUT2D eigenvalue weighted by atomic mass is 16.3. The van der Waals surface area contributed by atoms with Gasteiger partial charge in [-0.25, -0.2) is 4.79 Å². The minimum atomic E-state index is -0.249. The first-order valence-electron chi connectivity index (χ1n) is 5.70. The summed E-state index contributed by atoms with van der Waals surface area (Å²) in [6.45, 7) is 5.92. The van der Waals surface area contributed by atoms with E-state index >= 15 is 0 Å². The van der Waals surface area contributed by atoms with Gasteiger partial charge in [-0.05, 0) is 44.9 Å². The van der Waals surface area contributed by atoms with E-state index < -0.39 is 0 Å². The molecule has 17 heavy (non-hydrogen) atoms. The topological polar surface area (TPSA) is 61.4 Å². The number of benzene rings is 1. The van der Waals surface area contributed by atoms with Crippen LogP contribution in [0.4, 0.5) is 10.5 Å². The third-order valence-electron chi connectivity index (χ3n) is 2.10. The molecule has 0 aromatic heterocycles. The zero-order valence-electron chi connectivity index (χ0n) is 10.6. The average Bonchev–Trinajstić information content (AvgIpc) is 2.18. The lowest BCUT2D eigenvalue weighted by molar-refractivity contribution is 0.244. The summed E-state index contributed by atoms with van der Waals surface area (Å²) in [5.41, 5.74) is 1.55. The molecule has 0 aliphatic heterocycles. The zero-order chi connectivity index (χ0) is 12.9. The summed E-state index contributed by atoms with van der Waals surface area (Å²) >= 11 is 0. The summed E-state index contributed by atoms with van der Waals surface area (Å²) < 4.78 is 0. The van der Waals surface area contributed by atoms with Gasteiger partial charge in [0.2, 0.25) is 0 Å². The van der Waals surface area contributed by atoms with Crippen LogP contribution < -0.4 is 10.6 Å². The summed E-state index contributed by atoms with van der Waals surface area (Å²) in [5.74, 6) is 0. The monoisotopic (exact) mass is 236 g/mol. The van der Waals surface area contributed by atoms with E-state index in [1.54, 1.807) is 0 Å². The van der Waals surface area contributed by atoms with Crippen molar-refractivity contribution in [1.29, 1.82) is 0 Å². The maximum Gasteiger partial charge on any atom is 0.319 e. The van der Waals surface area contributed by atoms with Crippen LogP contribution >= 0.6 is 0 Å². The molecule has 0 unspecified atom stereocenters. The number of amides is 2. The van der Waals surface area contributed by atoms with Crippen molar-refractivity contribution in [3.8, 4) is 0 Å². The van der Waals surface area contributed by atoms with Gasteiger partial charge in [0.05, 0.1) is 0 Å². The Balaban J connectivity index is 2.54. The highest BCUT2D eigenvalue weighted by Crippen LogP contribution is 2.10. The van der Waals surface area contributed by atoms with E-state index in [0.29, 0.717) is 6.42 Å². The molecule has 0 saturated carbocycles. The number of hydrogen-bond donors (Lipinski definition) is 3. The van der Waals surface area contributed by atoms with Gasteiger partial charge < -0.3 is 15.7 Å². The van der Waals surface area contributed by atoms with Gasteiger partial charge >= 0.3 is 6.03 Å². The maximum absolute atomic E-state index is 11.6. The van der Waals surface area contributed by atoms with Crippen molar-refractivity contribution in [3.05, 3.63) is 29.8 Å². The molecule has 1 aromatic rings. The Hall–Kier alpha value is -1.55. The van der Waals surface area contributed by atoms with Crippen LogP contribution in [0.2, 0.25) is 0 Å². The second-order valence-electron chi connectivity index (χ2n) is 5.00. The Kier molecular flexibility index (Phi) is 4.52. The van der Waals surface area contributed by atoms with Crippen LogP contribution in [0.1, 0.15) is 26.3 Å². The molecule has 1 rings (SSSR count). The first-order valence-corrected chi connectivity index (χ1v) is 5.70. The molecule has 4 heteroatoms. The summed E-state index contributed by atoms with van der Waals surface area (Å²) in [7, 11) is 0. The zero-order valence-corrected chi connectivity index (χ0v) is 10.6. The van der Waals surface area contributed by atoms with E-state index in [1.165, 1.54) is 0 Å². The maximum atomic E-state index is 11.6. The lowest BCUT2D eigenvalue weighted by atomic mass is 10.1. The molecule has 0 bridgehead atoms. The standard InChI is InChI=1S/C13H20N2O2/c1-13(2,3)15-12(17)14-11-6-4-10(5-7-11)8-9-16/h4-7,16H,8-9H2,1-3H3,(H2,14,15,17). The van der Waals surface area contributed by atoms with Crippen LogP contribution in [0.5, 0.6) is 0 Å². The Bertz CT molecular complexity index is 366. The summed E-state index contributed by atoms with van der Waals surface area (Å²) in [5, 5.41) is 14.4. The summed E-state index contributed by atoms with van der Waals surface area (Å²) in [6.07, 6.45) is 0.633. The molecule has 0 fully saturated rings. The molecule has 94 valence electrons. The van der Waals surface area contributed by atoms with Crippen LogP contribution in [-0.4, -0.2) is 23.3 Å². The van der Waals surface area contributed by atoms with Crippen molar-refractivity contribution in [2.24, 2.45) is 0 Å². The van der Waals surface area contributed by atoms with Crippen molar-refractivity contribution in [2.45, 2.75) is 32.7 Å². The third-order valence-corrected chi connectivity index (χ3v) is 2.10. The lowest BCUT2D eigenvalue weighted by Gasteiger charge is -2.20. The van der Waals surface area contributed by atoms with Gasteiger partial charge in [0.1, 0.15) is 0 Å². The van der Waals surface area contributed by atoms with E-state index in [0.717, 1.165) is 11.3 Å². The molecule has 0 heterocycles. The molecule has 0 radical (unpaired) electrons. The minimum Gasteiger partial charge on any atom is -0.396 e. The fourth-order valence-electron chi connectivity index (χ4n) is 1.39. The minimum absolute atomic E-state index is 0.136. The van der Waals surface area contributed by atoms with Gasteiger partial charge in [-0.3, -0.25) is 0 Å². The molecule has 0 aliphatic rings. The van der Waals surface area contributed by atoms with Gasteiger partial charge in [0, 0.05) is 17.8 Å². The van der Waals surface area contributed by atoms with Crippen LogP contribution in [0, 0.1) is 0 Å². The van der Waals surface area contributed by atoms with E-state index in [4.69, 9.17) is 5.11 Å². The molecule has 1 aromatic carbocycles. The summed E-state index contributed by atoms with van der Waals surface area (Å²) in [6, 6.07) is 7.22. The SMILES string of the molecule is CC(C)(C)NC(=O)Nc1ccc(CCO)cc1. The number of aliphatic hydroxyl groups excluding tert-OH is 1. The summed E-state index contributed by atoms with van der Waals surface area (Å²) in [4.78, 5) is 11.6. The molecule has 2 amide bonds. The van der Waals surface area contributed by atoms with Gasteiger partial charge in [-0.2, -0.15) is 0 Å². The quantitative estimate of drug-likeness (QED) is 0.753. The predicted molar refractivity (Wildman–Crippen MR) is 69.1 cm³/mol. The third kappa shape index (κ3) is 5.36. The lowest BCUT2D eigenvalue weighted by Crippen LogP contribution is -2.43. The first-order chi connectivity index (χ1) is 7.90. The molecule has 0 spiro atoms. The molecule has 4 nitrogen and oxygen atoms in total. The fourth-order valence-corrected chi connectivity index (χ4v) is 1.39. The number of carbonyl (C=O) groups is 1. The smallest absolute Gasteiger partial charge is 0.319 e. The number of urea groups is 1. The second kappa shape index (κ2) is 5.68. The van der Waals surface area contributed by atoms with Crippen LogP contribution in [0.25, 0.3) is 0 Å². The molecule has 0 saturated heterocycles. The van der Waals surface area contributed by atoms with E-state index in [1.807, 2.05) is 45.0 Å². The van der Waals surface area contributed by atoms with Crippen molar-refractivity contribution < 1.29 is 9.90 Å². The second-order valence-corrected chi connectivity index (χ2v) is 5.00. The molecule has 0 atom stereocenters. The Morgan fingerprint density at radius 1 is 1.24 bits per heavy atom. The van der Waals surface area contributed by atoms with E-state index in [-0.39, 0.29) is 18.2 Å². The molecule has 3 N–H and O–H groups in total. The fraction of sp³-hybridized carbons (Fsp3) is 0.462. The van der Waals surface area contributed by atoms with Gasteiger partial charge in [0.25, 0.3) is 0 Å². The van der Waals surface area contributed by atoms with Crippen molar-refractivity contribution in [1.82, 2.24) is 5.32 Å². The number of aliphatic hydroxyl groups is 1. The van der Waals surface area contributed by atoms with Crippen LogP contribution in [0.3, 0.4) is 0 Å². The van der Waals surface area contributed by atoms with Gasteiger partial charge in [-0.15, -0.1) is 0 Å². The number of rotatable bonds is 3. The highest BCUT2D eigenvalue weighted by Gasteiger charge is 2.13. The van der Waals surface area contributed by atoms with Gasteiger partial charge in [0.15, 0.2) is 0 Å². The Labute approximate surface area is 102 Å². The number of hydrogen-bond acceptors (Lipinski definition) is 2. The number of carbonyl (C=O) groups excluding carboxylic acids is 1. The van der Waals surface area contributed by atoms with E-state index in [9.17, 15) is 4.79 Å². The van der Waals surface area contributed by atoms with E-state index in [2.05, 4.69) is 10.6 Å².